The van der Waals surface area contributed by atoms with Crippen molar-refractivity contribution in [3.05, 3.63) is 36.9 Å². The summed E-state index contributed by atoms with van der Waals surface area (Å²) in [6.45, 7) is 1.49. The number of hydrogen-bond donors (Lipinski definition) is 2. The second-order valence-corrected chi connectivity index (χ2v) is 4.20. The summed E-state index contributed by atoms with van der Waals surface area (Å²) in [6.07, 6.45) is 3.07. The van der Waals surface area contributed by atoms with Crippen LogP contribution in [0, 0.1) is 5.92 Å². The Kier molecular flexibility index (Phi) is 2.77. The van der Waals surface area contributed by atoms with Gasteiger partial charge in [0.15, 0.2) is 0 Å². The molecule has 0 unspecified atom stereocenters. The van der Waals surface area contributed by atoms with Crippen LogP contribution >= 0.6 is 0 Å². The van der Waals surface area contributed by atoms with E-state index in [4.69, 9.17) is 0 Å². The lowest BCUT2D eigenvalue weighted by Gasteiger charge is -2.26. The zero-order chi connectivity index (χ0) is 12.4. The first kappa shape index (κ1) is 10.9. The average Bonchev–Trinajstić information content (AvgIpc) is 2.80. The van der Waals surface area contributed by atoms with Gasteiger partial charge in [0.25, 0.3) is 0 Å². The molecule has 1 aliphatic rings. The number of aromatic nitrogens is 3. The molecule has 1 aromatic heterocycles. The second kappa shape index (κ2) is 4.58. The number of para-hydroxylation sites is 2. The average molecular weight is 243 g/mol. The zero-order valence-corrected chi connectivity index (χ0v) is 9.71. The van der Waals surface area contributed by atoms with Crippen LogP contribution in [0.15, 0.2) is 36.9 Å². The number of carbonyl (C=O) groups is 1. The van der Waals surface area contributed by atoms with Crippen LogP contribution in [0.4, 0.5) is 5.69 Å². The fraction of sp³-hybridized carbons (Fsp3) is 0.250. The summed E-state index contributed by atoms with van der Waals surface area (Å²) >= 11 is 0. The van der Waals surface area contributed by atoms with E-state index in [0.717, 1.165) is 24.5 Å². The molecule has 6 nitrogen and oxygen atoms in total. The summed E-state index contributed by atoms with van der Waals surface area (Å²) in [7, 11) is 0. The molecule has 2 heterocycles. The Morgan fingerprint density at radius 1 is 1.39 bits per heavy atom. The number of nitrogens with zero attached hydrogens (tertiary/aromatic N) is 3. The summed E-state index contributed by atoms with van der Waals surface area (Å²) in [5, 5.41) is 10.1. The number of hydrogen-bond acceptors (Lipinski definition) is 4. The van der Waals surface area contributed by atoms with Crippen molar-refractivity contribution in [3.63, 3.8) is 0 Å². The predicted octanol–water partition coefficient (Wildman–Crippen LogP) is 0.425. The maximum atomic E-state index is 11.9. The molecule has 6 heteroatoms. The highest BCUT2D eigenvalue weighted by Gasteiger charge is 2.25. The van der Waals surface area contributed by atoms with Crippen LogP contribution in [-0.2, 0) is 4.79 Å². The van der Waals surface area contributed by atoms with E-state index in [1.165, 1.54) is 6.33 Å². The Labute approximate surface area is 104 Å². The van der Waals surface area contributed by atoms with E-state index in [0.29, 0.717) is 0 Å². The number of rotatable bonds is 3. The lowest BCUT2D eigenvalue weighted by molar-refractivity contribution is -0.121. The van der Waals surface area contributed by atoms with Gasteiger partial charge in [-0.25, -0.2) is 9.67 Å². The van der Waals surface area contributed by atoms with Crippen molar-refractivity contribution in [1.29, 1.82) is 0 Å². The minimum Gasteiger partial charge on any atom is -0.324 e. The van der Waals surface area contributed by atoms with Crippen LogP contribution in [0.25, 0.3) is 5.69 Å². The summed E-state index contributed by atoms with van der Waals surface area (Å²) < 4.78 is 1.63. The van der Waals surface area contributed by atoms with Crippen LogP contribution in [0.1, 0.15) is 0 Å². The number of amides is 1. The van der Waals surface area contributed by atoms with E-state index in [9.17, 15) is 4.79 Å². The molecule has 0 spiro atoms. The van der Waals surface area contributed by atoms with Gasteiger partial charge in [0.1, 0.15) is 12.7 Å². The van der Waals surface area contributed by atoms with Gasteiger partial charge >= 0.3 is 0 Å². The van der Waals surface area contributed by atoms with E-state index in [1.807, 2.05) is 24.3 Å². The molecule has 92 valence electrons. The van der Waals surface area contributed by atoms with E-state index >= 15 is 0 Å². The molecule has 2 aromatic rings. The number of carbonyl (C=O) groups excluding carboxylic acids is 1. The highest BCUT2D eigenvalue weighted by atomic mass is 16.2. The van der Waals surface area contributed by atoms with Crippen molar-refractivity contribution in [2.24, 2.45) is 5.92 Å². The third kappa shape index (κ3) is 1.98. The predicted molar refractivity (Wildman–Crippen MR) is 66.3 cm³/mol. The summed E-state index contributed by atoms with van der Waals surface area (Å²) in [5.74, 6) is 0.107. The molecule has 0 aliphatic carbocycles. The minimum atomic E-state index is 0.0429. The third-order valence-corrected chi connectivity index (χ3v) is 2.98. The first-order chi connectivity index (χ1) is 8.84. The molecule has 1 amide bonds. The smallest absolute Gasteiger partial charge is 0.230 e. The quantitative estimate of drug-likeness (QED) is 0.819. The lowest BCUT2D eigenvalue weighted by Crippen LogP contribution is -2.48. The van der Waals surface area contributed by atoms with Gasteiger partial charge in [0.05, 0.1) is 17.3 Å². The molecule has 2 N–H and O–H groups in total. The third-order valence-electron chi connectivity index (χ3n) is 2.98. The molecule has 1 saturated heterocycles. The topological polar surface area (TPSA) is 71.8 Å². The van der Waals surface area contributed by atoms with Crippen LogP contribution in [0.5, 0.6) is 0 Å². The summed E-state index contributed by atoms with van der Waals surface area (Å²) in [5.41, 5.74) is 1.57. The molecule has 18 heavy (non-hydrogen) atoms. The van der Waals surface area contributed by atoms with Gasteiger partial charge in [-0.15, -0.1) is 0 Å². The van der Waals surface area contributed by atoms with E-state index < -0.39 is 0 Å². The Bertz CT molecular complexity index is 547. The molecule has 0 atom stereocenters. The van der Waals surface area contributed by atoms with E-state index in [-0.39, 0.29) is 11.8 Å². The first-order valence-corrected chi connectivity index (χ1v) is 5.80. The first-order valence-electron chi connectivity index (χ1n) is 5.80. The van der Waals surface area contributed by atoms with Crippen LogP contribution in [0.3, 0.4) is 0 Å². The van der Waals surface area contributed by atoms with Gasteiger partial charge in [-0.1, -0.05) is 12.1 Å². The lowest BCUT2D eigenvalue weighted by atomic mass is 10.0. The zero-order valence-electron chi connectivity index (χ0n) is 9.71. The highest BCUT2D eigenvalue weighted by molar-refractivity contribution is 5.95. The molecule has 1 fully saturated rings. The summed E-state index contributed by atoms with van der Waals surface area (Å²) in [6, 6.07) is 7.54. The number of nitrogens with one attached hydrogen (secondary N) is 2. The van der Waals surface area contributed by atoms with E-state index in [2.05, 4.69) is 20.7 Å². The normalized spacial score (nSPS) is 15.1. The van der Waals surface area contributed by atoms with Crippen molar-refractivity contribution in [2.45, 2.75) is 0 Å². The Balaban J connectivity index is 1.85. The van der Waals surface area contributed by atoms with Crippen molar-refractivity contribution in [1.82, 2.24) is 20.1 Å². The maximum Gasteiger partial charge on any atom is 0.230 e. The molecule has 3 rings (SSSR count). The Morgan fingerprint density at radius 2 is 2.22 bits per heavy atom. The van der Waals surface area contributed by atoms with E-state index in [1.54, 1.807) is 11.0 Å². The molecule has 0 bridgehead atoms. The molecule has 0 saturated carbocycles. The van der Waals surface area contributed by atoms with Crippen molar-refractivity contribution < 1.29 is 4.79 Å². The van der Waals surface area contributed by atoms with Gasteiger partial charge in [0, 0.05) is 13.1 Å². The minimum absolute atomic E-state index is 0.0429. The highest BCUT2D eigenvalue weighted by Crippen LogP contribution is 2.19. The number of benzene rings is 1. The van der Waals surface area contributed by atoms with Gasteiger partial charge in [0.2, 0.25) is 5.91 Å². The number of anilines is 1. The Hall–Kier alpha value is -2.21. The fourth-order valence-corrected chi connectivity index (χ4v) is 1.82. The molecular formula is C12H13N5O. The van der Waals surface area contributed by atoms with Crippen molar-refractivity contribution in [3.8, 4) is 5.69 Å². The molecule has 0 radical (unpaired) electrons. The summed E-state index contributed by atoms with van der Waals surface area (Å²) in [4.78, 5) is 15.8. The van der Waals surface area contributed by atoms with Crippen LogP contribution < -0.4 is 10.6 Å². The SMILES string of the molecule is O=C(Nc1ccccc1-n1cncn1)C1CNC1. The largest absolute Gasteiger partial charge is 0.324 e. The van der Waals surface area contributed by atoms with Gasteiger partial charge in [-0.2, -0.15) is 5.10 Å². The van der Waals surface area contributed by atoms with Crippen molar-refractivity contribution >= 4 is 11.6 Å². The van der Waals surface area contributed by atoms with Crippen molar-refractivity contribution in [2.75, 3.05) is 18.4 Å². The molecular weight excluding hydrogens is 230 g/mol. The maximum absolute atomic E-state index is 11.9. The standard InChI is InChI=1S/C12H13N5O/c18-12(9-5-13-6-9)16-10-3-1-2-4-11(10)17-8-14-7-15-17/h1-4,7-9,13H,5-6H2,(H,16,18). The second-order valence-electron chi connectivity index (χ2n) is 4.20. The monoisotopic (exact) mass is 243 g/mol. The van der Waals surface area contributed by atoms with Crippen LogP contribution in [-0.4, -0.2) is 33.8 Å². The molecule has 1 aromatic carbocycles. The molecule has 1 aliphatic heterocycles. The van der Waals surface area contributed by atoms with Crippen LogP contribution in [0.2, 0.25) is 0 Å². The Morgan fingerprint density at radius 3 is 2.89 bits per heavy atom. The fourth-order valence-electron chi connectivity index (χ4n) is 1.82. The van der Waals surface area contributed by atoms with Gasteiger partial charge in [-0.3, -0.25) is 4.79 Å². The van der Waals surface area contributed by atoms with Gasteiger partial charge in [-0.05, 0) is 12.1 Å². The van der Waals surface area contributed by atoms with Gasteiger partial charge < -0.3 is 10.6 Å².